The summed E-state index contributed by atoms with van der Waals surface area (Å²) in [6, 6.07) is 9.34. The average molecular weight is 927 g/mol. The number of benzene rings is 4. The molecule has 0 bridgehead atoms. The van der Waals surface area contributed by atoms with Gasteiger partial charge in [0.05, 0.1) is 36.5 Å². The molecule has 0 spiro atoms. The summed E-state index contributed by atoms with van der Waals surface area (Å²) in [6.07, 6.45) is -9.20. The van der Waals surface area contributed by atoms with E-state index in [9.17, 15) is 52.7 Å². The number of allylic oxidation sites excluding steroid dienone is 10. The van der Waals surface area contributed by atoms with Crippen LogP contribution in [-0.2, 0) is 24.7 Å². The van der Waals surface area contributed by atoms with Gasteiger partial charge in [0.2, 0.25) is 0 Å². The zero-order chi connectivity index (χ0) is 46.6. The molecule has 0 fully saturated rings. The molecule has 4 aromatic carbocycles. The fourth-order valence-corrected chi connectivity index (χ4v) is 14.1. The second-order valence-corrected chi connectivity index (χ2v) is 20.1. The van der Waals surface area contributed by atoms with Crippen molar-refractivity contribution in [2.24, 2.45) is 0 Å². The molecule has 4 aromatic rings. The first-order valence-electron chi connectivity index (χ1n) is 19.2. The van der Waals surface area contributed by atoms with Crippen LogP contribution < -0.4 is 30.7 Å². The molecule has 0 aliphatic heterocycles. The summed E-state index contributed by atoms with van der Waals surface area (Å²) < 4.78 is 183. The minimum absolute atomic E-state index is 0.129. The fraction of sp³-hybridized carbons (Fsp3) is 0.277. The number of ether oxygens (including phenoxy) is 2. The molecule has 0 aromatic heterocycles. The molecule has 2 aliphatic carbocycles. The molecule has 6 rings (SSSR count). The van der Waals surface area contributed by atoms with Gasteiger partial charge in [0.25, 0.3) is 0 Å². The Labute approximate surface area is 359 Å². The van der Waals surface area contributed by atoms with Gasteiger partial charge in [-0.15, -0.1) is 0 Å². The van der Waals surface area contributed by atoms with Crippen molar-refractivity contribution in [3.63, 3.8) is 0 Å². The van der Waals surface area contributed by atoms with Crippen molar-refractivity contribution in [1.82, 2.24) is 0 Å². The second-order valence-electron chi connectivity index (χ2n) is 15.2. The molecule has 2 nitrogen and oxygen atoms in total. The van der Waals surface area contributed by atoms with Crippen molar-refractivity contribution in [2.45, 2.75) is 70.6 Å². The fourth-order valence-electron chi connectivity index (χ4n) is 8.20. The highest BCUT2D eigenvalue weighted by Crippen LogP contribution is 2.53. The van der Waals surface area contributed by atoms with Crippen LogP contribution in [0.1, 0.15) is 51.4 Å². The van der Waals surface area contributed by atoms with Crippen molar-refractivity contribution in [3.8, 4) is 11.5 Å². The van der Waals surface area contributed by atoms with Crippen LogP contribution in [0.5, 0.6) is 11.5 Å². The lowest BCUT2D eigenvalue weighted by Crippen LogP contribution is -2.27. The zero-order valence-electron chi connectivity index (χ0n) is 34.7. The largest absolute Gasteiger partial charge is 0.496 e. The van der Waals surface area contributed by atoms with Crippen LogP contribution in [-0.4, -0.2) is 25.5 Å². The molecule has 0 heterocycles. The number of aryl methyl sites for hydroxylation is 4. The minimum Gasteiger partial charge on any atom is -0.496 e. The van der Waals surface area contributed by atoms with E-state index >= 15 is 0 Å². The molecule has 0 radical (unpaired) electrons. The van der Waals surface area contributed by atoms with Crippen LogP contribution in [0.4, 0.5) is 52.7 Å². The summed E-state index contributed by atoms with van der Waals surface area (Å²) in [6.45, 7) is 9.03. The van der Waals surface area contributed by atoms with Gasteiger partial charge in [-0.3, -0.25) is 0 Å². The zero-order valence-corrected chi connectivity index (χ0v) is 36.5. The minimum atomic E-state index is -5.35. The van der Waals surface area contributed by atoms with Gasteiger partial charge < -0.3 is 9.47 Å². The topological polar surface area (TPSA) is 18.5 Å². The number of hydrogen-bond acceptors (Lipinski definition) is 2. The summed E-state index contributed by atoms with van der Waals surface area (Å²) >= 11 is 0. The Morgan fingerprint density at radius 1 is 0.492 bits per heavy atom. The third-order valence-corrected chi connectivity index (χ3v) is 16.1. The number of rotatable bonds is 9. The van der Waals surface area contributed by atoms with E-state index in [1.54, 1.807) is 38.5 Å². The maximum Gasteiger partial charge on any atom is 0.416 e. The lowest BCUT2D eigenvalue weighted by atomic mass is 9.95. The maximum absolute atomic E-state index is 14.3. The molecule has 16 heteroatoms. The van der Waals surface area contributed by atoms with Gasteiger partial charge in [-0.05, 0) is 164 Å². The van der Waals surface area contributed by atoms with Gasteiger partial charge in [0.1, 0.15) is 11.5 Å². The number of methoxy groups -OCH3 is 2. The first-order valence-corrected chi connectivity index (χ1v) is 22.0. The van der Waals surface area contributed by atoms with E-state index in [0.717, 1.165) is 32.9 Å². The molecule has 63 heavy (non-hydrogen) atoms. The quantitative estimate of drug-likeness (QED) is 0.123. The summed E-state index contributed by atoms with van der Waals surface area (Å²) in [5.41, 5.74) is -3.85. The van der Waals surface area contributed by atoms with E-state index in [1.165, 1.54) is 6.92 Å². The van der Waals surface area contributed by atoms with Crippen molar-refractivity contribution >= 4 is 37.1 Å². The number of hydrogen-bond donors (Lipinski definition) is 0. The van der Waals surface area contributed by atoms with E-state index in [4.69, 9.17) is 9.47 Å². The van der Waals surface area contributed by atoms with Gasteiger partial charge >= 0.3 is 24.7 Å². The Bertz CT molecular complexity index is 2330. The normalized spacial score (nSPS) is 17.5. The van der Waals surface area contributed by atoms with Crippen LogP contribution in [0, 0.1) is 27.7 Å². The van der Waals surface area contributed by atoms with Crippen LogP contribution in [0.2, 0.25) is 0 Å². The van der Waals surface area contributed by atoms with Crippen LogP contribution in [0.3, 0.4) is 0 Å². The highest BCUT2D eigenvalue weighted by atomic mass is 31.1. The SMILES string of the molecule is COc1c(C)cc(P(c2cc(C)c(OC)c(C)c2)C2C=CC=C/C2=C2/C=CC=C2[C@@H](C)P(c2cc(C(F)(F)F)cc(C(F)(F)F)c2)c2cc(C(F)(F)F)cc(C(F)(F)F)c2)cc1C. The van der Waals surface area contributed by atoms with Crippen molar-refractivity contribution in [1.29, 1.82) is 0 Å². The molecule has 0 N–H and O–H groups in total. The summed E-state index contributed by atoms with van der Waals surface area (Å²) in [4.78, 5) is 0. The Hall–Kier alpha value is -4.80. The average Bonchev–Trinajstić information content (AvgIpc) is 3.67. The van der Waals surface area contributed by atoms with Gasteiger partial charge in [-0.1, -0.05) is 49.5 Å². The van der Waals surface area contributed by atoms with E-state index in [1.807, 2.05) is 70.2 Å². The first kappa shape index (κ1) is 47.7. The predicted octanol–water partition coefficient (Wildman–Crippen LogP) is 13.3. The lowest BCUT2D eigenvalue weighted by molar-refractivity contribution is -0.144. The Morgan fingerprint density at radius 3 is 1.22 bits per heavy atom. The number of halogens is 12. The molecular formula is C47H40F12O2P2. The molecule has 2 atom stereocenters. The summed E-state index contributed by atoms with van der Waals surface area (Å²) in [7, 11) is -1.15. The lowest BCUT2D eigenvalue weighted by Gasteiger charge is -2.34. The third-order valence-electron chi connectivity index (χ3n) is 10.8. The second kappa shape index (κ2) is 17.6. The maximum atomic E-state index is 14.3. The van der Waals surface area contributed by atoms with Gasteiger partial charge in [-0.2, -0.15) is 52.7 Å². The van der Waals surface area contributed by atoms with E-state index < -0.39 is 84.7 Å². The highest BCUT2D eigenvalue weighted by molar-refractivity contribution is 7.74. The highest BCUT2D eigenvalue weighted by Gasteiger charge is 2.42. The molecular weight excluding hydrogens is 886 g/mol. The molecule has 0 saturated carbocycles. The van der Waals surface area contributed by atoms with E-state index in [2.05, 4.69) is 0 Å². The monoisotopic (exact) mass is 926 g/mol. The summed E-state index contributed by atoms with van der Waals surface area (Å²) in [5, 5.41) is 0.442. The Kier molecular flexibility index (Phi) is 13.3. The van der Waals surface area contributed by atoms with Gasteiger partial charge in [0.15, 0.2) is 0 Å². The summed E-state index contributed by atoms with van der Waals surface area (Å²) in [5.74, 6) is 1.37. The molecule has 2 aliphatic rings. The van der Waals surface area contributed by atoms with Gasteiger partial charge in [-0.25, -0.2) is 0 Å². The van der Waals surface area contributed by atoms with E-state index in [0.29, 0.717) is 52.5 Å². The van der Waals surface area contributed by atoms with Crippen molar-refractivity contribution in [3.05, 3.63) is 164 Å². The standard InChI is InChI=1S/C47H40F12O2P2/c1-25-15-34(16-26(2)42(25)60-6)63(35-17-27(3)43(61-7)28(4)18-35)41-14-9-8-11-40(41)39-13-10-12-38(39)29(5)62(36-21-30(44(48,49)50)19-31(22-36)45(51,52)53)37-23-32(46(54,55)56)20-33(24-37)47(57,58)59/h8-24,29,41H,1-7H3/b40-39+/t29-,41?/m1/s1. The van der Waals surface area contributed by atoms with Crippen LogP contribution in [0.25, 0.3) is 0 Å². The first-order chi connectivity index (χ1) is 29.2. The molecule has 1 unspecified atom stereocenters. The molecule has 0 saturated heterocycles. The molecule has 334 valence electrons. The van der Waals surface area contributed by atoms with Gasteiger partial charge in [0, 0.05) is 11.3 Å². The Balaban J connectivity index is 1.63. The predicted molar refractivity (Wildman–Crippen MR) is 226 cm³/mol. The van der Waals surface area contributed by atoms with Crippen LogP contribution in [0.15, 0.2) is 120 Å². The third kappa shape index (κ3) is 9.97. The number of alkyl halides is 12. The van der Waals surface area contributed by atoms with E-state index in [-0.39, 0.29) is 12.1 Å². The Morgan fingerprint density at radius 2 is 0.873 bits per heavy atom. The molecule has 0 amide bonds. The van der Waals surface area contributed by atoms with Crippen molar-refractivity contribution < 1.29 is 62.2 Å². The smallest absolute Gasteiger partial charge is 0.416 e. The van der Waals surface area contributed by atoms with Crippen molar-refractivity contribution in [2.75, 3.05) is 14.2 Å². The van der Waals surface area contributed by atoms with Crippen LogP contribution >= 0.6 is 15.8 Å².